The lowest BCUT2D eigenvalue weighted by Gasteiger charge is -2.47. The molecule has 154 valence electrons. The molecule has 1 unspecified atom stereocenters. The molecule has 1 aromatic carbocycles. The molecule has 0 bridgehead atoms. The SMILES string of the molecule is CCOC(=O)C1C(=O)N2CCC[C@]3(CC)CCC(=C23)[C@H]1c1ccccc1[N+](=O)[O-]. The van der Waals surface area contributed by atoms with E-state index in [-0.39, 0.29) is 23.6 Å². The van der Waals surface area contributed by atoms with Crippen molar-refractivity contribution >= 4 is 17.6 Å². The number of nitrogens with zero attached hydrogens (tertiary/aromatic N) is 2. The van der Waals surface area contributed by atoms with Crippen LogP contribution in [0.1, 0.15) is 57.4 Å². The first-order valence-electron chi connectivity index (χ1n) is 10.4. The van der Waals surface area contributed by atoms with Crippen LogP contribution in [0.15, 0.2) is 35.5 Å². The van der Waals surface area contributed by atoms with Crippen LogP contribution in [0.5, 0.6) is 0 Å². The smallest absolute Gasteiger partial charge is 0.319 e. The molecule has 0 saturated carbocycles. The highest BCUT2D eigenvalue weighted by molar-refractivity contribution is 6.01. The number of nitro groups is 1. The van der Waals surface area contributed by atoms with Crippen molar-refractivity contribution in [1.82, 2.24) is 4.90 Å². The molecule has 0 N–H and O–H groups in total. The van der Waals surface area contributed by atoms with Crippen LogP contribution in [0, 0.1) is 21.4 Å². The summed E-state index contributed by atoms with van der Waals surface area (Å²) in [6.07, 6.45) is 4.51. The van der Waals surface area contributed by atoms with Gasteiger partial charge in [0.15, 0.2) is 0 Å². The quantitative estimate of drug-likeness (QED) is 0.324. The van der Waals surface area contributed by atoms with Crippen LogP contribution in [-0.2, 0) is 14.3 Å². The minimum Gasteiger partial charge on any atom is -0.465 e. The molecular weight excluding hydrogens is 372 g/mol. The Morgan fingerprint density at radius 3 is 2.76 bits per heavy atom. The number of nitro benzene ring substituents is 1. The fraction of sp³-hybridized carbons (Fsp3) is 0.545. The van der Waals surface area contributed by atoms with Crippen LogP contribution < -0.4 is 0 Å². The Labute approximate surface area is 169 Å². The summed E-state index contributed by atoms with van der Waals surface area (Å²) in [6.45, 7) is 4.60. The number of piperidine rings is 1. The van der Waals surface area contributed by atoms with Gasteiger partial charge in [-0.1, -0.05) is 25.1 Å². The molecule has 0 radical (unpaired) electrons. The van der Waals surface area contributed by atoms with Crippen LogP contribution in [0.3, 0.4) is 0 Å². The minimum atomic E-state index is -1.07. The molecule has 3 aliphatic rings. The predicted molar refractivity (Wildman–Crippen MR) is 106 cm³/mol. The zero-order chi connectivity index (χ0) is 20.8. The fourth-order valence-corrected chi connectivity index (χ4v) is 5.65. The van der Waals surface area contributed by atoms with E-state index in [4.69, 9.17) is 4.74 Å². The summed E-state index contributed by atoms with van der Waals surface area (Å²) in [5.74, 6) is -2.57. The number of amides is 1. The van der Waals surface area contributed by atoms with E-state index < -0.39 is 22.7 Å². The minimum absolute atomic E-state index is 0.0500. The second-order valence-corrected chi connectivity index (χ2v) is 8.12. The molecule has 1 aromatic rings. The van der Waals surface area contributed by atoms with E-state index in [9.17, 15) is 19.7 Å². The first-order valence-corrected chi connectivity index (χ1v) is 10.4. The van der Waals surface area contributed by atoms with Gasteiger partial charge >= 0.3 is 5.97 Å². The van der Waals surface area contributed by atoms with E-state index in [2.05, 4.69) is 6.92 Å². The lowest BCUT2D eigenvalue weighted by molar-refractivity contribution is -0.385. The molecule has 1 amide bonds. The summed E-state index contributed by atoms with van der Waals surface area (Å²) in [7, 11) is 0. The Balaban J connectivity index is 1.95. The maximum Gasteiger partial charge on any atom is 0.319 e. The number of esters is 1. The van der Waals surface area contributed by atoms with Crippen molar-refractivity contribution in [3.05, 3.63) is 51.2 Å². The number of carbonyl (C=O) groups is 2. The van der Waals surface area contributed by atoms with Crippen molar-refractivity contribution in [3.63, 3.8) is 0 Å². The summed E-state index contributed by atoms with van der Waals surface area (Å²) in [6, 6.07) is 6.47. The van der Waals surface area contributed by atoms with Crippen molar-refractivity contribution in [2.45, 2.75) is 51.9 Å². The average Bonchev–Trinajstić information content (AvgIpc) is 3.11. The van der Waals surface area contributed by atoms with Gasteiger partial charge in [-0.15, -0.1) is 0 Å². The van der Waals surface area contributed by atoms with Gasteiger partial charge in [0.2, 0.25) is 5.91 Å². The number of rotatable bonds is 5. The van der Waals surface area contributed by atoms with Crippen LogP contribution in [0.4, 0.5) is 5.69 Å². The van der Waals surface area contributed by atoms with Gasteiger partial charge in [0.05, 0.1) is 11.5 Å². The molecule has 0 aromatic heterocycles. The Bertz CT molecular complexity index is 908. The molecule has 29 heavy (non-hydrogen) atoms. The maximum atomic E-state index is 13.5. The number of hydrogen-bond acceptors (Lipinski definition) is 5. The highest BCUT2D eigenvalue weighted by Gasteiger charge is 2.56. The summed E-state index contributed by atoms with van der Waals surface area (Å²) in [5, 5.41) is 11.7. The van der Waals surface area contributed by atoms with E-state index in [1.165, 1.54) is 6.07 Å². The average molecular weight is 398 g/mol. The van der Waals surface area contributed by atoms with Gasteiger partial charge in [0, 0.05) is 35.2 Å². The van der Waals surface area contributed by atoms with Gasteiger partial charge in [0.1, 0.15) is 5.92 Å². The molecule has 4 rings (SSSR count). The van der Waals surface area contributed by atoms with Crippen LogP contribution >= 0.6 is 0 Å². The summed E-state index contributed by atoms with van der Waals surface area (Å²) < 4.78 is 5.26. The van der Waals surface area contributed by atoms with Crippen molar-refractivity contribution in [2.24, 2.45) is 11.3 Å². The van der Waals surface area contributed by atoms with Gasteiger partial charge in [-0.3, -0.25) is 19.7 Å². The predicted octanol–water partition coefficient (Wildman–Crippen LogP) is 3.94. The second kappa shape index (κ2) is 7.28. The molecule has 7 nitrogen and oxygen atoms in total. The Kier molecular flexibility index (Phi) is 4.92. The van der Waals surface area contributed by atoms with E-state index in [1.807, 2.05) is 0 Å². The fourth-order valence-electron chi connectivity index (χ4n) is 5.65. The van der Waals surface area contributed by atoms with Gasteiger partial charge in [0.25, 0.3) is 5.69 Å². The molecule has 1 saturated heterocycles. The highest BCUT2D eigenvalue weighted by atomic mass is 16.6. The second-order valence-electron chi connectivity index (χ2n) is 8.12. The Hall–Kier alpha value is -2.70. The summed E-state index contributed by atoms with van der Waals surface area (Å²) in [4.78, 5) is 39.5. The highest BCUT2D eigenvalue weighted by Crippen LogP contribution is 2.59. The van der Waals surface area contributed by atoms with Crippen molar-refractivity contribution in [3.8, 4) is 0 Å². The zero-order valence-corrected chi connectivity index (χ0v) is 16.8. The van der Waals surface area contributed by atoms with Crippen LogP contribution in [-0.4, -0.2) is 34.9 Å². The topological polar surface area (TPSA) is 89.8 Å². The number of hydrogen-bond donors (Lipinski definition) is 0. The van der Waals surface area contributed by atoms with E-state index in [1.54, 1.807) is 30.0 Å². The van der Waals surface area contributed by atoms with Gasteiger partial charge in [-0.25, -0.2) is 0 Å². The molecule has 0 spiro atoms. The third-order valence-corrected chi connectivity index (χ3v) is 6.91. The lowest BCUT2D eigenvalue weighted by atomic mass is 9.70. The van der Waals surface area contributed by atoms with Gasteiger partial charge in [-0.2, -0.15) is 0 Å². The van der Waals surface area contributed by atoms with Crippen LogP contribution in [0.25, 0.3) is 0 Å². The van der Waals surface area contributed by atoms with E-state index in [0.29, 0.717) is 12.1 Å². The molecule has 3 atom stereocenters. The number of benzene rings is 1. The van der Waals surface area contributed by atoms with Crippen LogP contribution in [0.2, 0.25) is 0 Å². The first kappa shape index (κ1) is 19.6. The number of allylic oxidation sites excluding steroid dienone is 2. The maximum absolute atomic E-state index is 13.5. The van der Waals surface area contributed by atoms with Gasteiger partial charge in [-0.05, 0) is 44.6 Å². The van der Waals surface area contributed by atoms with Crippen molar-refractivity contribution in [2.75, 3.05) is 13.2 Å². The number of carbonyl (C=O) groups excluding carboxylic acids is 2. The monoisotopic (exact) mass is 398 g/mol. The van der Waals surface area contributed by atoms with E-state index >= 15 is 0 Å². The Morgan fingerprint density at radius 2 is 2.07 bits per heavy atom. The molecular formula is C22H26N2O5. The summed E-state index contributed by atoms with van der Waals surface area (Å²) in [5.41, 5.74) is 2.36. The summed E-state index contributed by atoms with van der Waals surface area (Å²) >= 11 is 0. The zero-order valence-electron chi connectivity index (χ0n) is 16.8. The molecule has 2 heterocycles. The molecule has 7 heteroatoms. The third kappa shape index (κ3) is 2.86. The number of ether oxygens (including phenoxy) is 1. The standard InChI is InChI=1S/C22H26N2O5/c1-3-22-11-7-13-23-19(22)15(10-12-22)17(18(20(23)25)21(26)29-4-2)14-8-5-6-9-16(14)24(27)28/h5-6,8-9,17-18H,3-4,7,10-13H2,1-2H3/t17-,18?,22-/m1/s1. The van der Waals surface area contributed by atoms with Crippen molar-refractivity contribution in [1.29, 1.82) is 0 Å². The Morgan fingerprint density at radius 1 is 1.31 bits per heavy atom. The first-order chi connectivity index (χ1) is 13.9. The lowest BCUT2D eigenvalue weighted by Crippen LogP contribution is -2.51. The third-order valence-electron chi connectivity index (χ3n) is 6.91. The molecule has 2 aliphatic heterocycles. The van der Waals surface area contributed by atoms with E-state index in [0.717, 1.165) is 43.4 Å². The normalized spacial score (nSPS) is 28.3. The largest absolute Gasteiger partial charge is 0.465 e. The number of para-hydroxylation sites is 1. The molecule has 1 aliphatic carbocycles. The van der Waals surface area contributed by atoms with Gasteiger partial charge < -0.3 is 9.64 Å². The van der Waals surface area contributed by atoms with Crippen molar-refractivity contribution < 1.29 is 19.2 Å². The molecule has 1 fully saturated rings.